The monoisotopic (exact) mass is 254 g/mol. The van der Waals surface area contributed by atoms with E-state index >= 15 is 0 Å². The quantitative estimate of drug-likeness (QED) is 0.761. The fraction of sp³-hybridized carbons (Fsp3) is 1.00. The first kappa shape index (κ1) is 14.3. The predicted molar refractivity (Wildman–Crippen MR) is 75.7 cm³/mol. The van der Waals surface area contributed by atoms with Gasteiger partial charge in [-0.1, -0.05) is 13.3 Å². The highest BCUT2D eigenvalue weighted by atomic mass is 16.3. The van der Waals surface area contributed by atoms with Crippen molar-refractivity contribution in [1.82, 2.24) is 10.2 Å². The Morgan fingerprint density at radius 1 is 1.17 bits per heavy atom. The van der Waals surface area contributed by atoms with Crippen LogP contribution in [0.4, 0.5) is 0 Å². The van der Waals surface area contributed by atoms with Crippen molar-refractivity contribution in [1.29, 1.82) is 0 Å². The molecule has 2 rings (SSSR count). The van der Waals surface area contributed by atoms with Crippen LogP contribution in [-0.4, -0.2) is 48.3 Å². The van der Waals surface area contributed by atoms with Crippen LogP contribution in [0.3, 0.4) is 0 Å². The van der Waals surface area contributed by atoms with Crippen molar-refractivity contribution in [3.05, 3.63) is 0 Å². The minimum absolute atomic E-state index is 0.306. The van der Waals surface area contributed by atoms with Gasteiger partial charge in [-0.15, -0.1) is 0 Å². The van der Waals surface area contributed by atoms with Crippen molar-refractivity contribution < 1.29 is 5.11 Å². The maximum atomic E-state index is 9.28. The van der Waals surface area contributed by atoms with Gasteiger partial charge in [-0.05, 0) is 51.0 Å². The first-order valence-corrected chi connectivity index (χ1v) is 7.91. The third kappa shape index (κ3) is 3.94. The predicted octanol–water partition coefficient (Wildman–Crippen LogP) is 2.00. The van der Waals surface area contributed by atoms with Gasteiger partial charge >= 0.3 is 0 Å². The average molecular weight is 254 g/mol. The molecule has 1 saturated heterocycles. The molecule has 0 amide bonds. The second-order valence-corrected chi connectivity index (χ2v) is 6.09. The minimum Gasteiger partial charge on any atom is -0.395 e. The van der Waals surface area contributed by atoms with Crippen LogP contribution in [0, 0.1) is 5.92 Å². The van der Waals surface area contributed by atoms with E-state index in [1.165, 1.54) is 51.5 Å². The summed E-state index contributed by atoms with van der Waals surface area (Å²) in [6, 6.07) is 1.39. The summed E-state index contributed by atoms with van der Waals surface area (Å²) in [7, 11) is 0. The Morgan fingerprint density at radius 3 is 2.50 bits per heavy atom. The Bertz CT molecular complexity index is 221. The van der Waals surface area contributed by atoms with Crippen LogP contribution in [0.15, 0.2) is 0 Å². The fourth-order valence-electron chi connectivity index (χ4n) is 3.67. The fourth-order valence-corrected chi connectivity index (χ4v) is 3.67. The van der Waals surface area contributed by atoms with Crippen LogP contribution in [-0.2, 0) is 0 Å². The van der Waals surface area contributed by atoms with Crippen LogP contribution in [0.5, 0.6) is 0 Å². The van der Waals surface area contributed by atoms with Crippen molar-refractivity contribution in [2.24, 2.45) is 5.92 Å². The summed E-state index contributed by atoms with van der Waals surface area (Å²) in [5.41, 5.74) is 0. The van der Waals surface area contributed by atoms with Gasteiger partial charge in [0.2, 0.25) is 0 Å². The van der Waals surface area contributed by atoms with E-state index in [9.17, 15) is 5.11 Å². The molecule has 1 aliphatic carbocycles. The smallest absolute Gasteiger partial charge is 0.0558 e. The van der Waals surface area contributed by atoms with Gasteiger partial charge in [0.1, 0.15) is 0 Å². The summed E-state index contributed by atoms with van der Waals surface area (Å²) in [4.78, 5) is 2.55. The molecule has 1 heterocycles. The summed E-state index contributed by atoms with van der Waals surface area (Å²) in [5.74, 6) is 0.960. The Kier molecular flexibility index (Phi) is 5.93. The van der Waals surface area contributed by atoms with E-state index < -0.39 is 0 Å². The molecule has 106 valence electrons. The molecule has 0 aromatic heterocycles. The van der Waals surface area contributed by atoms with Crippen LogP contribution in [0.25, 0.3) is 0 Å². The number of nitrogens with one attached hydrogen (secondary N) is 1. The highest BCUT2D eigenvalue weighted by Crippen LogP contribution is 2.29. The van der Waals surface area contributed by atoms with Crippen LogP contribution < -0.4 is 5.32 Å². The van der Waals surface area contributed by atoms with E-state index in [0.717, 1.165) is 25.0 Å². The summed E-state index contributed by atoms with van der Waals surface area (Å²) < 4.78 is 0. The summed E-state index contributed by atoms with van der Waals surface area (Å²) in [6.07, 6.45) is 9.43. The molecule has 2 N–H and O–H groups in total. The second-order valence-electron chi connectivity index (χ2n) is 6.09. The number of aliphatic hydroxyl groups is 1. The van der Waals surface area contributed by atoms with E-state index in [-0.39, 0.29) is 0 Å². The molecule has 0 aromatic rings. The van der Waals surface area contributed by atoms with Crippen molar-refractivity contribution in [2.45, 2.75) is 64.0 Å². The Hall–Kier alpha value is -0.120. The molecule has 18 heavy (non-hydrogen) atoms. The molecule has 0 aromatic carbocycles. The molecule has 0 spiro atoms. The maximum Gasteiger partial charge on any atom is 0.0558 e. The maximum absolute atomic E-state index is 9.28. The molecule has 2 fully saturated rings. The topological polar surface area (TPSA) is 35.5 Å². The summed E-state index contributed by atoms with van der Waals surface area (Å²) in [6.45, 7) is 5.81. The lowest BCUT2D eigenvalue weighted by Gasteiger charge is -2.37. The SMILES string of the molecule is CCC1CCC(N(CCO)CC2CCCN2)CC1. The third-order valence-corrected chi connectivity index (χ3v) is 4.91. The largest absolute Gasteiger partial charge is 0.395 e. The summed E-state index contributed by atoms with van der Waals surface area (Å²) in [5, 5.41) is 12.9. The number of aliphatic hydroxyl groups excluding tert-OH is 1. The van der Waals surface area contributed by atoms with E-state index in [2.05, 4.69) is 17.1 Å². The van der Waals surface area contributed by atoms with Crippen molar-refractivity contribution in [2.75, 3.05) is 26.2 Å². The van der Waals surface area contributed by atoms with Gasteiger partial charge in [0, 0.05) is 25.2 Å². The molecule has 1 aliphatic heterocycles. The minimum atomic E-state index is 0.306. The molecule has 1 saturated carbocycles. The van der Waals surface area contributed by atoms with E-state index in [1.807, 2.05) is 0 Å². The normalized spacial score (nSPS) is 33.2. The van der Waals surface area contributed by atoms with E-state index in [4.69, 9.17) is 0 Å². The molecule has 1 unspecified atom stereocenters. The lowest BCUT2D eigenvalue weighted by atomic mass is 9.84. The van der Waals surface area contributed by atoms with Crippen LogP contribution in [0.1, 0.15) is 51.9 Å². The van der Waals surface area contributed by atoms with Gasteiger partial charge in [-0.3, -0.25) is 4.90 Å². The molecule has 2 aliphatic rings. The molecular formula is C15H30N2O. The van der Waals surface area contributed by atoms with E-state index in [1.54, 1.807) is 0 Å². The van der Waals surface area contributed by atoms with Crippen LogP contribution in [0.2, 0.25) is 0 Å². The van der Waals surface area contributed by atoms with Gasteiger partial charge in [0.05, 0.1) is 6.61 Å². The number of hydrogen-bond donors (Lipinski definition) is 2. The van der Waals surface area contributed by atoms with Gasteiger partial charge in [-0.25, -0.2) is 0 Å². The van der Waals surface area contributed by atoms with Crippen LogP contribution >= 0.6 is 0 Å². The lowest BCUT2D eigenvalue weighted by Crippen LogP contribution is -2.46. The first-order chi connectivity index (χ1) is 8.83. The van der Waals surface area contributed by atoms with Crippen molar-refractivity contribution in [3.63, 3.8) is 0 Å². The zero-order chi connectivity index (χ0) is 12.8. The lowest BCUT2D eigenvalue weighted by molar-refractivity contribution is 0.102. The first-order valence-electron chi connectivity index (χ1n) is 7.91. The Morgan fingerprint density at radius 2 is 1.94 bits per heavy atom. The molecule has 0 radical (unpaired) electrons. The van der Waals surface area contributed by atoms with Crippen molar-refractivity contribution >= 4 is 0 Å². The average Bonchev–Trinajstić information content (AvgIpc) is 2.91. The second kappa shape index (κ2) is 7.46. The number of rotatable bonds is 6. The molecular weight excluding hydrogens is 224 g/mol. The number of nitrogens with zero attached hydrogens (tertiary/aromatic N) is 1. The highest BCUT2D eigenvalue weighted by Gasteiger charge is 2.27. The van der Waals surface area contributed by atoms with Gasteiger partial charge in [-0.2, -0.15) is 0 Å². The molecule has 3 nitrogen and oxygen atoms in total. The zero-order valence-electron chi connectivity index (χ0n) is 11.9. The molecule has 1 atom stereocenters. The summed E-state index contributed by atoms with van der Waals surface area (Å²) >= 11 is 0. The third-order valence-electron chi connectivity index (χ3n) is 4.91. The van der Waals surface area contributed by atoms with Gasteiger partial charge in [0.25, 0.3) is 0 Å². The zero-order valence-corrected chi connectivity index (χ0v) is 11.9. The molecule has 3 heteroatoms. The Balaban J connectivity index is 1.80. The Labute approximate surface area is 112 Å². The highest BCUT2D eigenvalue weighted by molar-refractivity contribution is 4.84. The molecule has 0 bridgehead atoms. The standard InChI is InChI=1S/C15H30N2O/c1-2-13-5-7-15(8-6-13)17(10-11-18)12-14-4-3-9-16-14/h13-16,18H,2-12H2,1H3. The number of hydrogen-bond acceptors (Lipinski definition) is 3. The van der Waals surface area contributed by atoms with Crippen molar-refractivity contribution in [3.8, 4) is 0 Å². The van der Waals surface area contributed by atoms with Gasteiger partial charge < -0.3 is 10.4 Å². The van der Waals surface area contributed by atoms with Gasteiger partial charge in [0.15, 0.2) is 0 Å². The van der Waals surface area contributed by atoms with E-state index in [0.29, 0.717) is 12.6 Å².